The third-order valence-electron chi connectivity index (χ3n) is 3.30. The van der Waals surface area contributed by atoms with Crippen molar-refractivity contribution in [2.45, 2.75) is 31.7 Å². The van der Waals surface area contributed by atoms with Crippen LogP contribution >= 0.6 is 0 Å². The molecule has 0 atom stereocenters. The molecule has 2 rings (SSSR count). The molecule has 1 heterocycles. The maximum Gasteiger partial charge on any atom is 0.305 e. The van der Waals surface area contributed by atoms with Gasteiger partial charge in [-0.05, 0) is 38.3 Å². The van der Waals surface area contributed by atoms with Crippen molar-refractivity contribution in [3.63, 3.8) is 0 Å². The van der Waals surface area contributed by atoms with Crippen LogP contribution in [0.5, 0.6) is 0 Å². The van der Waals surface area contributed by atoms with Crippen molar-refractivity contribution in [3.05, 3.63) is 0 Å². The summed E-state index contributed by atoms with van der Waals surface area (Å²) in [5.74, 6) is 0.546. The molecule has 3 heteroatoms. The summed E-state index contributed by atoms with van der Waals surface area (Å²) in [5, 5.41) is 0. The van der Waals surface area contributed by atoms with E-state index in [-0.39, 0.29) is 5.97 Å². The molecule has 0 bridgehead atoms. The summed E-state index contributed by atoms with van der Waals surface area (Å²) < 4.78 is 4.64. The second-order valence-corrected chi connectivity index (χ2v) is 4.16. The first-order chi connectivity index (χ1) is 6.29. The van der Waals surface area contributed by atoms with Gasteiger partial charge in [0.25, 0.3) is 0 Å². The number of nitrogens with zero attached hydrogens (tertiary/aromatic N) is 1. The monoisotopic (exact) mass is 183 g/mol. The van der Waals surface area contributed by atoms with Gasteiger partial charge in [-0.1, -0.05) is 0 Å². The number of carbonyl (C=O) groups is 1. The van der Waals surface area contributed by atoms with Crippen LogP contribution in [0.2, 0.25) is 0 Å². The number of hydrogen-bond acceptors (Lipinski definition) is 3. The van der Waals surface area contributed by atoms with Gasteiger partial charge in [0.2, 0.25) is 0 Å². The fraction of sp³-hybridized carbons (Fsp3) is 0.900. The minimum absolute atomic E-state index is 0.0490. The molecule has 0 unspecified atom stereocenters. The third kappa shape index (κ3) is 1.85. The van der Waals surface area contributed by atoms with E-state index in [0.717, 1.165) is 6.04 Å². The van der Waals surface area contributed by atoms with E-state index in [0.29, 0.717) is 12.3 Å². The number of esters is 1. The molecule has 0 aromatic rings. The van der Waals surface area contributed by atoms with Gasteiger partial charge in [0.05, 0.1) is 7.11 Å². The predicted octanol–water partition coefficient (Wildman–Crippen LogP) is 1.03. The highest BCUT2D eigenvalue weighted by Gasteiger charge is 2.36. The maximum atomic E-state index is 10.9. The van der Waals surface area contributed by atoms with Crippen molar-refractivity contribution < 1.29 is 9.53 Å². The molecule has 1 saturated heterocycles. The van der Waals surface area contributed by atoms with Crippen LogP contribution in [0.1, 0.15) is 25.7 Å². The summed E-state index contributed by atoms with van der Waals surface area (Å²) in [6.45, 7) is 2.55. The largest absolute Gasteiger partial charge is 0.469 e. The van der Waals surface area contributed by atoms with E-state index in [1.807, 2.05) is 0 Å². The molecule has 3 nitrogen and oxygen atoms in total. The Hall–Kier alpha value is -0.570. The van der Waals surface area contributed by atoms with Gasteiger partial charge in [-0.2, -0.15) is 0 Å². The normalized spacial score (nSPS) is 33.3. The van der Waals surface area contributed by atoms with Crippen molar-refractivity contribution in [2.75, 3.05) is 20.2 Å². The molecule has 0 spiro atoms. The molecule has 74 valence electrons. The van der Waals surface area contributed by atoms with E-state index in [1.165, 1.54) is 39.5 Å². The van der Waals surface area contributed by atoms with Crippen LogP contribution in [-0.4, -0.2) is 37.1 Å². The molecule has 1 aliphatic heterocycles. The molecule has 2 aliphatic rings. The second-order valence-electron chi connectivity index (χ2n) is 4.16. The Kier molecular flexibility index (Phi) is 2.54. The van der Waals surface area contributed by atoms with Crippen molar-refractivity contribution >= 4 is 5.97 Å². The van der Waals surface area contributed by atoms with Gasteiger partial charge in [-0.25, -0.2) is 0 Å². The summed E-state index contributed by atoms with van der Waals surface area (Å²) in [6, 6.07) is 0.781. The first-order valence-corrected chi connectivity index (χ1v) is 5.10. The molecule has 0 aromatic heterocycles. The number of carbonyl (C=O) groups excluding carboxylic acids is 1. The summed E-state index contributed by atoms with van der Waals surface area (Å²) in [6.07, 6.45) is 4.39. The zero-order valence-electron chi connectivity index (χ0n) is 8.16. The van der Waals surface area contributed by atoms with Crippen molar-refractivity contribution in [1.29, 1.82) is 0 Å². The molecular weight excluding hydrogens is 166 g/mol. The predicted molar refractivity (Wildman–Crippen MR) is 49.3 cm³/mol. The van der Waals surface area contributed by atoms with E-state index in [1.54, 1.807) is 0 Å². The first-order valence-electron chi connectivity index (χ1n) is 5.10. The van der Waals surface area contributed by atoms with Gasteiger partial charge in [0, 0.05) is 12.5 Å². The van der Waals surface area contributed by atoms with Crippen LogP contribution in [0, 0.1) is 5.92 Å². The summed E-state index contributed by atoms with van der Waals surface area (Å²) >= 11 is 0. The Morgan fingerprint density at radius 1 is 1.46 bits per heavy atom. The number of ether oxygens (including phenoxy) is 1. The molecule has 0 amide bonds. The summed E-state index contributed by atoms with van der Waals surface area (Å²) in [5.41, 5.74) is 0. The second kappa shape index (κ2) is 3.66. The Balaban J connectivity index is 1.63. The Labute approximate surface area is 79.0 Å². The maximum absolute atomic E-state index is 10.9. The lowest BCUT2D eigenvalue weighted by atomic mass is 9.76. The average molecular weight is 183 g/mol. The van der Waals surface area contributed by atoms with Gasteiger partial charge >= 0.3 is 5.97 Å². The molecule has 0 N–H and O–H groups in total. The van der Waals surface area contributed by atoms with E-state index < -0.39 is 0 Å². The lowest BCUT2D eigenvalue weighted by Gasteiger charge is -2.47. The van der Waals surface area contributed by atoms with Crippen LogP contribution < -0.4 is 0 Å². The topological polar surface area (TPSA) is 29.5 Å². The standard InChI is InChI=1S/C10H17NO2/c1-13-10(12)7-8-5-9(6-8)11-3-2-4-11/h8-9H,2-7H2,1H3. The zero-order valence-corrected chi connectivity index (χ0v) is 8.16. The lowest BCUT2D eigenvalue weighted by molar-refractivity contribution is -0.143. The van der Waals surface area contributed by atoms with E-state index in [2.05, 4.69) is 9.64 Å². The Morgan fingerprint density at radius 2 is 2.15 bits per heavy atom. The lowest BCUT2D eigenvalue weighted by Crippen LogP contribution is -2.51. The minimum atomic E-state index is -0.0490. The van der Waals surface area contributed by atoms with Gasteiger partial charge in [0.15, 0.2) is 0 Å². The molecule has 0 aromatic carbocycles. The average Bonchev–Trinajstić information content (AvgIpc) is 1.96. The Bertz CT molecular complexity index is 195. The Morgan fingerprint density at radius 3 is 2.62 bits per heavy atom. The van der Waals surface area contributed by atoms with Crippen LogP contribution in [0.4, 0.5) is 0 Å². The highest BCUT2D eigenvalue weighted by Crippen LogP contribution is 2.36. The molecule has 1 saturated carbocycles. The van der Waals surface area contributed by atoms with Crippen LogP contribution in [-0.2, 0) is 9.53 Å². The van der Waals surface area contributed by atoms with Gasteiger partial charge < -0.3 is 9.64 Å². The van der Waals surface area contributed by atoms with E-state index in [4.69, 9.17) is 0 Å². The summed E-state index contributed by atoms with van der Waals surface area (Å²) in [4.78, 5) is 13.5. The van der Waals surface area contributed by atoms with Crippen molar-refractivity contribution in [1.82, 2.24) is 4.90 Å². The van der Waals surface area contributed by atoms with Crippen LogP contribution in [0.15, 0.2) is 0 Å². The minimum Gasteiger partial charge on any atom is -0.469 e. The highest BCUT2D eigenvalue weighted by atomic mass is 16.5. The fourth-order valence-corrected chi connectivity index (χ4v) is 2.19. The number of hydrogen-bond donors (Lipinski definition) is 0. The first kappa shape index (κ1) is 9.00. The van der Waals surface area contributed by atoms with E-state index in [9.17, 15) is 4.79 Å². The SMILES string of the molecule is COC(=O)CC1CC(N2CCC2)C1. The molecule has 0 radical (unpaired) electrons. The smallest absolute Gasteiger partial charge is 0.305 e. The number of likely N-dealkylation sites (tertiary alicyclic amines) is 1. The molecular formula is C10H17NO2. The molecule has 13 heavy (non-hydrogen) atoms. The van der Waals surface area contributed by atoms with Gasteiger partial charge in [0.1, 0.15) is 0 Å². The molecule has 2 fully saturated rings. The third-order valence-corrected chi connectivity index (χ3v) is 3.30. The quantitative estimate of drug-likeness (QED) is 0.612. The highest BCUT2D eigenvalue weighted by molar-refractivity contribution is 5.69. The van der Waals surface area contributed by atoms with Crippen LogP contribution in [0.3, 0.4) is 0 Å². The molecule has 1 aliphatic carbocycles. The number of methoxy groups -OCH3 is 1. The van der Waals surface area contributed by atoms with Gasteiger partial charge in [-0.3, -0.25) is 4.79 Å². The number of rotatable bonds is 3. The van der Waals surface area contributed by atoms with E-state index >= 15 is 0 Å². The van der Waals surface area contributed by atoms with Crippen molar-refractivity contribution in [3.8, 4) is 0 Å². The van der Waals surface area contributed by atoms with Crippen molar-refractivity contribution in [2.24, 2.45) is 5.92 Å². The zero-order chi connectivity index (χ0) is 9.26. The summed E-state index contributed by atoms with van der Waals surface area (Å²) in [7, 11) is 1.47. The fourth-order valence-electron chi connectivity index (χ4n) is 2.19. The van der Waals surface area contributed by atoms with Gasteiger partial charge in [-0.15, -0.1) is 0 Å². The van der Waals surface area contributed by atoms with Crippen LogP contribution in [0.25, 0.3) is 0 Å².